The van der Waals surface area contributed by atoms with Gasteiger partial charge in [0.2, 0.25) is 0 Å². The number of para-hydroxylation sites is 1. The van der Waals surface area contributed by atoms with E-state index in [0.29, 0.717) is 17.0 Å². The van der Waals surface area contributed by atoms with Crippen LogP contribution in [0, 0.1) is 0 Å². The monoisotopic (exact) mass is 277 g/mol. The van der Waals surface area contributed by atoms with Gasteiger partial charge < -0.3 is 9.73 Å². The molecule has 0 aliphatic heterocycles. The van der Waals surface area contributed by atoms with Gasteiger partial charge in [-0.1, -0.05) is 18.2 Å². The second-order valence-electron chi connectivity index (χ2n) is 4.77. The van der Waals surface area contributed by atoms with Crippen molar-refractivity contribution in [3.8, 4) is 0 Å². The van der Waals surface area contributed by atoms with Crippen molar-refractivity contribution in [1.29, 1.82) is 0 Å². The predicted molar refractivity (Wildman–Crippen MR) is 80.3 cm³/mol. The molecule has 0 atom stereocenters. The Hall–Kier alpha value is -3.08. The van der Waals surface area contributed by atoms with Gasteiger partial charge in [0.15, 0.2) is 5.76 Å². The predicted octanol–water partition coefficient (Wildman–Crippen LogP) is 3.56. The molecule has 1 amide bonds. The smallest absolute Gasteiger partial charge is 0.291 e. The molecule has 2 N–H and O–H groups in total. The molecule has 5 nitrogen and oxygen atoms in total. The van der Waals surface area contributed by atoms with Gasteiger partial charge in [0.05, 0.1) is 11.7 Å². The number of anilines is 1. The zero-order valence-electron chi connectivity index (χ0n) is 11.0. The lowest BCUT2D eigenvalue weighted by atomic mass is 10.2. The zero-order valence-corrected chi connectivity index (χ0v) is 11.0. The quantitative estimate of drug-likeness (QED) is 0.588. The summed E-state index contributed by atoms with van der Waals surface area (Å²) in [5, 5.41) is 11.5. The Morgan fingerprint density at radius 1 is 1.10 bits per heavy atom. The lowest BCUT2D eigenvalue weighted by Crippen LogP contribution is -2.10. The van der Waals surface area contributed by atoms with E-state index in [1.54, 1.807) is 12.3 Å². The topological polar surface area (TPSA) is 70.9 Å². The Balaban J connectivity index is 1.64. The number of benzene rings is 2. The van der Waals surface area contributed by atoms with Crippen LogP contribution in [-0.4, -0.2) is 16.1 Å². The van der Waals surface area contributed by atoms with Crippen molar-refractivity contribution in [3.05, 3.63) is 60.5 Å². The van der Waals surface area contributed by atoms with E-state index >= 15 is 0 Å². The van der Waals surface area contributed by atoms with Crippen molar-refractivity contribution >= 4 is 33.5 Å². The van der Waals surface area contributed by atoms with Gasteiger partial charge in [-0.2, -0.15) is 5.10 Å². The minimum Gasteiger partial charge on any atom is -0.451 e. The molecular formula is C16H11N3O2. The first-order valence-electron chi connectivity index (χ1n) is 6.53. The first-order valence-corrected chi connectivity index (χ1v) is 6.53. The Kier molecular flexibility index (Phi) is 2.50. The summed E-state index contributed by atoms with van der Waals surface area (Å²) in [5.41, 5.74) is 2.27. The Labute approximate surface area is 119 Å². The number of H-pyrrole nitrogens is 1. The normalized spacial score (nSPS) is 11.0. The summed E-state index contributed by atoms with van der Waals surface area (Å²) in [7, 11) is 0. The fraction of sp³-hybridized carbons (Fsp3) is 0. The van der Waals surface area contributed by atoms with Gasteiger partial charge in [-0.3, -0.25) is 9.89 Å². The molecule has 0 saturated heterocycles. The van der Waals surface area contributed by atoms with Gasteiger partial charge in [0.1, 0.15) is 5.58 Å². The average Bonchev–Trinajstić information content (AvgIpc) is 3.13. The van der Waals surface area contributed by atoms with Crippen LogP contribution in [0.3, 0.4) is 0 Å². The van der Waals surface area contributed by atoms with Crippen LogP contribution < -0.4 is 5.32 Å². The van der Waals surface area contributed by atoms with E-state index in [1.165, 1.54) is 0 Å². The first-order chi connectivity index (χ1) is 10.3. The highest BCUT2D eigenvalue weighted by Crippen LogP contribution is 2.21. The highest BCUT2D eigenvalue weighted by molar-refractivity contribution is 6.05. The second-order valence-corrected chi connectivity index (χ2v) is 4.77. The van der Waals surface area contributed by atoms with Gasteiger partial charge in [-0.25, -0.2) is 0 Å². The largest absolute Gasteiger partial charge is 0.451 e. The minimum atomic E-state index is -0.273. The summed E-state index contributed by atoms with van der Waals surface area (Å²) in [4.78, 5) is 12.2. The summed E-state index contributed by atoms with van der Waals surface area (Å²) < 4.78 is 5.54. The molecule has 2 aromatic carbocycles. The molecule has 0 aliphatic carbocycles. The molecule has 0 aliphatic rings. The molecular weight excluding hydrogens is 266 g/mol. The van der Waals surface area contributed by atoms with E-state index in [9.17, 15) is 4.79 Å². The van der Waals surface area contributed by atoms with E-state index in [2.05, 4.69) is 15.5 Å². The highest BCUT2D eigenvalue weighted by atomic mass is 16.3. The lowest BCUT2D eigenvalue weighted by molar-refractivity contribution is 0.0998. The van der Waals surface area contributed by atoms with Gasteiger partial charge in [-0.15, -0.1) is 0 Å². The van der Waals surface area contributed by atoms with Crippen molar-refractivity contribution in [2.45, 2.75) is 0 Å². The number of hydrogen-bond donors (Lipinski definition) is 2. The number of carbonyl (C=O) groups excluding carboxylic acids is 1. The van der Waals surface area contributed by atoms with Gasteiger partial charge in [0, 0.05) is 16.5 Å². The molecule has 0 radical (unpaired) electrons. The molecule has 0 bridgehead atoms. The molecule has 0 spiro atoms. The Bertz CT molecular complexity index is 919. The van der Waals surface area contributed by atoms with Crippen LogP contribution in [0.5, 0.6) is 0 Å². The van der Waals surface area contributed by atoms with Crippen LogP contribution in [0.1, 0.15) is 10.6 Å². The molecule has 21 heavy (non-hydrogen) atoms. The molecule has 0 saturated carbocycles. The number of fused-ring (bicyclic) bond motifs is 2. The Morgan fingerprint density at radius 3 is 2.90 bits per heavy atom. The van der Waals surface area contributed by atoms with E-state index in [1.807, 2.05) is 42.5 Å². The van der Waals surface area contributed by atoms with E-state index < -0.39 is 0 Å². The lowest BCUT2D eigenvalue weighted by Gasteiger charge is -2.02. The summed E-state index contributed by atoms with van der Waals surface area (Å²) in [5.74, 6) is 0.0194. The van der Waals surface area contributed by atoms with Crippen LogP contribution in [0.15, 0.2) is 59.1 Å². The maximum atomic E-state index is 12.2. The molecule has 0 unspecified atom stereocenters. The molecule has 102 valence electrons. The maximum Gasteiger partial charge on any atom is 0.291 e. The standard InChI is InChI=1S/C16H11N3O2/c20-16(15-7-10-3-1-2-4-14(10)21-15)18-12-6-5-11-9-17-19-13(11)8-12/h1-9H,(H,17,19)(H,18,20). The summed E-state index contributed by atoms with van der Waals surface area (Å²) in [6, 6.07) is 14.8. The summed E-state index contributed by atoms with van der Waals surface area (Å²) in [6.07, 6.45) is 1.74. The third-order valence-corrected chi connectivity index (χ3v) is 3.35. The minimum absolute atomic E-state index is 0.273. The summed E-state index contributed by atoms with van der Waals surface area (Å²) in [6.45, 7) is 0. The third-order valence-electron chi connectivity index (χ3n) is 3.35. The van der Waals surface area contributed by atoms with Crippen LogP contribution >= 0.6 is 0 Å². The van der Waals surface area contributed by atoms with E-state index in [-0.39, 0.29) is 5.91 Å². The fourth-order valence-electron chi connectivity index (χ4n) is 2.30. The molecule has 2 aromatic heterocycles. The maximum absolute atomic E-state index is 12.2. The number of amides is 1. The number of aromatic nitrogens is 2. The molecule has 5 heteroatoms. The number of carbonyl (C=O) groups is 1. The third kappa shape index (κ3) is 2.04. The SMILES string of the molecule is O=C(Nc1ccc2cn[nH]c2c1)c1cc2ccccc2o1. The zero-order chi connectivity index (χ0) is 14.2. The Morgan fingerprint density at radius 2 is 2.00 bits per heavy atom. The molecule has 4 rings (SSSR count). The fourth-order valence-corrected chi connectivity index (χ4v) is 2.30. The van der Waals surface area contributed by atoms with Crippen LogP contribution in [0.4, 0.5) is 5.69 Å². The van der Waals surface area contributed by atoms with Crippen molar-refractivity contribution in [2.24, 2.45) is 0 Å². The number of aromatic amines is 1. The van der Waals surface area contributed by atoms with E-state index in [4.69, 9.17) is 4.42 Å². The highest BCUT2D eigenvalue weighted by Gasteiger charge is 2.12. The first kappa shape index (κ1) is 11.7. The molecule has 0 fully saturated rings. The number of hydrogen-bond acceptors (Lipinski definition) is 3. The number of rotatable bonds is 2. The van der Waals surface area contributed by atoms with Crippen LogP contribution in [0.25, 0.3) is 21.9 Å². The van der Waals surface area contributed by atoms with Gasteiger partial charge in [0.25, 0.3) is 5.91 Å². The number of nitrogens with zero attached hydrogens (tertiary/aromatic N) is 1. The number of furan rings is 1. The number of nitrogens with one attached hydrogen (secondary N) is 2. The van der Waals surface area contributed by atoms with E-state index in [0.717, 1.165) is 16.3 Å². The van der Waals surface area contributed by atoms with Crippen LogP contribution in [0.2, 0.25) is 0 Å². The van der Waals surface area contributed by atoms with Crippen molar-refractivity contribution in [3.63, 3.8) is 0 Å². The molecule has 4 aromatic rings. The van der Waals surface area contributed by atoms with Gasteiger partial charge in [-0.05, 0) is 30.3 Å². The van der Waals surface area contributed by atoms with Crippen molar-refractivity contribution in [1.82, 2.24) is 10.2 Å². The van der Waals surface area contributed by atoms with Crippen molar-refractivity contribution in [2.75, 3.05) is 5.32 Å². The molecule has 2 heterocycles. The average molecular weight is 277 g/mol. The van der Waals surface area contributed by atoms with Gasteiger partial charge >= 0.3 is 0 Å². The summed E-state index contributed by atoms with van der Waals surface area (Å²) >= 11 is 0. The van der Waals surface area contributed by atoms with Crippen molar-refractivity contribution < 1.29 is 9.21 Å². The second kappa shape index (κ2) is 4.49. The van der Waals surface area contributed by atoms with Crippen LogP contribution in [-0.2, 0) is 0 Å².